The molecular formula is C25H33FN8O3. The molecule has 198 valence electrons. The first kappa shape index (κ1) is 25.2. The molecule has 0 radical (unpaired) electrons. The first-order valence-electron chi connectivity index (χ1n) is 12.6. The van der Waals surface area contributed by atoms with Crippen molar-refractivity contribution in [1.82, 2.24) is 29.4 Å². The molecule has 1 atom stereocenters. The first-order valence-corrected chi connectivity index (χ1v) is 12.6. The Labute approximate surface area is 215 Å². The molecule has 5 rings (SSSR count). The van der Waals surface area contributed by atoms with Crippen LogP contribution in [0.5, 0.6) is 0 Å². The predicted octanol–water partition coefficient (Wildman–Crippen LogP) is 2.28. The molecule has 2 fully saturated rings. The molecule has 5 heterocycles. The van der Waals surface area contributed by atoms with E-state index in [1.165, 1.54) is 4.90 Å². The van der Waals surface area contributed by atoms with E-state index in [1.54, 1.807) is 10.7 Å². The standard InChI is InChI=1S/C25H33FN8O3/c1-30(2)10-11-33(18-6-5-8-32(17-18)25(35)36)24-21(26)23(31-12-14-37-15-13-31)28-22(29-24)19-16-27-34-9-4-3-7-20(19)34/h3-4,7,9,16,18H,5-6,8,10-15,17H2,1-2H3,(H,35,36)/t18-/m1/s1. The third kappa shape index (κ3) is 5.30. The van der Waals surface area contributed by atoms with Gasteiger partial charge in [0, 0.05) is 51.5 Å². The minimum Gasteiger partial charge on any atom is -0.465 e. The maximum atomic E-state index is 16.4. The van der Waals surface area contributed by atoms with Gasteiger partial charge in [0.15, 0.2) is 17.5 Å². The van der Waals surface area contributed by atoms with Crippen molar-refractivity contribution in [2.45, 2.75) is 18.9 Å². The number of hydrogen-bond acceptors (Lipinski definition) is 8. The van der Waals surface area contributed by atoms with Crippen molar-refractivity contribution in [3.63, 3.8) is 0 Å². The van der Waals surface area contributed by atoms with E-state index in [4.69, 9.17) is 14.7 Å². The highest BCUT2D eigenvalue weighted by atomic mass is 19.1. The molecular weight excluding hydrogens is 479 g/mol. The van der Waals surface area contributed by atoms with Crippen molar-refractivity contribution in [2.75, 3.05) is 76.4 Å². The molecule has 2 saturated heterocycles. The number of anilines is 2. The lowest BCUT2D eigenvalue weighted by Crippen LogP contribution is -2.51. The van der Waals surface area contributed by atoms with E-state index >= 15 is 4.39 Å². The molecule has 1 amide bonds. The molecule has 0 bridgehead atoms. The summed E-state index contributed by atoms with van der Waals surface area (Å²) >= 11 is 0. The van der Waals surface area contributed by atoms with Crippen molar-refractivity contribution in [3.05, 3.63) is 36.4 Å². The van der Waals surface area contributed by atoms with Crippen molar-refractivity contribution in [1.29, 1.82) is 0 Å². The van der Waals surface area contributed by atoms with Crippen LogP contribution in [0.4, 0.5) is 20.8 Å². The quantitative estimate of drug-likeness (QED) is 0.511. The highest BCUT2D eigenvalue weighted by Gasteiger charge is 2.33. The fourth-order valence-corrected chi connectivity index (χ4v) is 4.98. The maximum absolute atomic E-state index is 16.4. The highest BCUT2D eigenvalue weighted by Crippen LogP contribution is 2.33. The number of likely N-dealkylation sites (tertiary alicyclic amines) is 1. The van der Waals surface area contributed by atoms with Gasteiger partial charge in [0.25, 0.3) is 0 Å². The van der Waals surface area contributed by atoms with Crippen LogP contribution in [0.2, 0.25) is 0 Å². The van der Waals surface area contributed by atoms with Gasteiger partial charge < -0.3 is 29.4 Å². The summed E-state index contributed by atoms with van der Waals surface area (Å²) in [7, 11) is 3.92. The summed E-state index contributed by atoms with van der Waals surface area (Å²) in [6, 6.07) is 5.53. The van der Waals surface area contributed by atoms with Crippen LogP contribution in [0.1, 0.15) is 12.8 Å². The molecule has 0 saturated carbocycles. The summed E-state index contributed by atoms with van der Waals surface area (Å²) in [6.45, 7) is 3.96. The Kier molecular flexibility index (Phi) is 7.38. The average molecular weight is 513 g/mol. The van der Waals surface area contributed by atoms with Gasteiger partial charge in [-0.3, -0.25) is 0 Å². The molecule has 0 unspecified atom stereocenters. The van der Waals surface area contributed by atoms with E-state index in [2.05, 4.69) is 5.10 Å². The van der Waals surface area contributed by atoms with Gasteiger partial charge in [0.1, 0.15) is 0 Å². The van der Waals surface area contributed by atoms with Crippen molar-refractivity contribution in [2.24, 2.45) is 0 Å². The number of piperidine rings is 1. The minimum atomic E-state index is -0.957. The lowest BCUT2D eigenvalue weighted by Gasteiger charge is -2.40. The molecule has 0 aliphatic carbocycles. The number of amides is 1. The van der Waals surface area contributed by atoms with Gasteiger partial charge in [-0.15, -0.1) is 0 Å². The second-order valence-electron chi connectivity index (χ2n) is 9.72. The summed E-state index contributed by atoms with van der Waals surface area (Å²) in [5.74, 6) is 0.327. The summed E-state index contributed by atoms with van der Waals surface area (Å²) in [4.78, 5) is 28.5. The first-order chi connectivity index (χ1) is 17.9. The number of morpholine rings is 1. The number of rotatable bonds is 7. The normalized spacial score (nSPS) is 18.5. The summed E-state index contributed by atoms with van der Waals surface area (Å²) in [6.07, 6.45) is 4.05. The molecule has 2 aliphatic rings. The molecule has 3 aromatic rings. The van der Waals surface area contributed by atoms with E-state index in [-0.39, 0.29) is 17.7 Å². The van der Waals surface area contributed by atoms with Crippen LogP contribution in [0.25, 0.3) is 16.9 Å². The molecule has 11 nitrogen and oxygen atoms in total. The number of carboxylic acid groups (broad SMARTS) is 1. The van der Waals surface area contributed by atoms with Crippen LogP contribution >= 0.6 is 0 Å². The van der Waals surface area contributed by atoms with E-state index in [0.29, 0.717) is 70.3 Å². The van der Waals surface area contributed by atoms with Gasteiger partial charge in [0.2, 0.25) is 5.82 Å². The van der Waals surface area contributed by atoms with Crippen molar-refractivity contribution in [3.8, 4) is 11.4 Å². The van der Waals surface area contributed by atoms with Gasteiger partial charge in [0.05, 0.1) is 30.5 Å². The second-order valence-corrected chi connectivity index (χ2v) is 9.72. The number of fused-ring (bicyclic) bond motifs is 1. The van der Waals surface area contributed by atoms with Crippen LogP contribution in [-0.2, 0) is 4.74 Å². The molecule has 1 N–H and O–H groups in total. The Bertz CT molecular complexity index is 1250. The topological polar surface area (TPSA) is 103 Å². The number of pyridine rings is 1. The molecule has 37 heavy (non-hydrogen) atoms. The molecule has 2 aliphatic heterocycles. The molecule has 0 spiro atoms. The third-order valence-corrected chi connectivity index (χ3v) is 6.96. The molecule has 3 aromatic heterocycles. The Morgan fingerprint density at radius 2 is 2.00 bits per heavy atom. The number of nitrogens with zero attached hydrogens (tertiary/aromatic N) is 8. The number of carbonyl (C=O) groups is 1. The Hall–Kier alpha value is -3.51. The number of hydrogen-bond donors (Lipinski definition) is 1. The Morgan fingerprint density at radius 3 is 2.76 bits per heavy atom. The minimum absolute atomic E-state index is 0.195. The van der Waals surface area contributed by atoms with Crippen LogP contribution in [0.3, 0.4) is 0 Å². The maximum Gasteiger partial charge on any atom is 0.407 e. The fraction of sp³-hybridized carbons (Fsp3) is 0.520. The molecule has 0 aromatic carbocycles. The van der Waals surface area contributed by atoms with Crippen molar-refractivity contribution >= 4 is 23.2 Å². The SMILES string of the molecule is CN(C)CCN(c1nc(-c2cnn3ccccc23)nc(N2CCOCC2)c1F)[C@@H]1CCCN(C(=O)O)C1. The average Bonchev–Trinajstić information content (AvgIpc) is 3.34. The van der Waals surface area contributed by atoms with Crippen LogP contribution in [0.15, 0.2) is 30.6 Å². The lowest BCUT2D eigenvalue weighted by atomic mass is 10.0. The van der Waals surface area contributed by atoms with Gasteiger partial charge in [-0.05, 0) is 39.1 Å². The number of ether oxygens (including phenoxy) is 1. The highest BCUT2D eigenvalue weighted by molar-refractivity contribution is 5.77. The summed E-state index contributed by atoms with van der Waals surface area (Å²) in [5, 5.41) is 14.1. The zero-order chi connectivity index (χ0) is 25.9. The summed E-state index contributed by atoms with van der Waals surface area (Å²) in [5.41, 5.74) is 1.53. The van der Waals surface area contributed by atoms with E-state index < -0.39 is 11.9 Å². The zero-order valence-electron chi connectivity index (χ0n) is 21.3. The Balaban J connectivity index is 1.63. The summed E-state index contributed by atoms with van der Waals surface area (Å²) < 4.78 is 23.6. The zero-order valence-corrected chi connectivity index (χ0v) is 21.3. The van der Waals surface area contributed by atoms with Gasteiger partial charge >= 0.3 is 6.09 Å². The van der Waals surface area contributed by atoms with Gasteiger partial charge in [-0.25, -0.2) is 19.3 Å². The van der Waals surface area contributed by atoms with Crippen LogP contribution < -0.4 is 9.80 Å². The van der Waals surface area contributed by atoms with Crippen LogP contribution in [-0.4, -0.2) is 113 Å². The lowest BCUT2D eigenvalue weighted by molar-refractivity contribution is 0.122. The monoisotopic (exact) mass is 512 g/mol. The van der Waals surface area contributed by atoms with E-state index in [9.17, 15) is 9.90 Å². The second kappa shape index (κ2) is 10.9. The van der Waals surface area contributed by atoms with E-state index in [0.717, 1.165) is 11.9 Å². The van der Waals surface area contributed by atoms with E-state index in [1.807, 2.05) is 53.2 Å². The Morgan fingerprint density at radius 1 is 1.19 bits per heavy atom. The third-order valence-electron chi connectivity index (χ3n) is 6.96. The van der Waals surface area contributed by atoms with Crippen molar-refractivity contribution < 1.29 is 19.0 Å². The molecule has 12 heteroatoms. The number of likely N-dealkylation sites (N-methyl/N-ethyl adjacent to an activating group) is 1. The van der Waals surface area contributed by atoms with Gasteiger partial charge in [-0.2, -0.15) is 9.49 Å². The van der Waals surface area contributed by atoms with Crippen LogP contribution in [0, 0.1) is 5.82 Å². The predicted molar refractivity (Wildman–Crippen MR) is 138 cm³/mol. The largest absolute Gasteiger partial charge is 0.465 e. The number of aromatic nitrogens is 4. The smallest absolute Gasteiger partial charge is 0.407 e. The fourth-order valence-electron chi connectivity index (χ4n) is 4.98. The number of halogens is 1. The van der Waals surface area contributed by atoms with Gasteiger partial charge in [-0.1, -0.05) is 6.07 Å².